The first-order valence-corrected chi connectivity index (χ1v) is 14.0. The zero-order chi connectivity index (χ0) is 30.1. The van der Waals surface area contributed by atoms with Gasteiger partial charge in [-0.25, -0.2) is 9.97 Å². The molecule has 0 bridgehead atoms. The molecular weight excluding hydrogens is 642 g/mol. The van der Waals surface area contributed by atoms with Gasteiger partial charge in [0.15, 0.2) is 17.3 Å². The molecule has 0 aliphatic heterocycles. The number of halogens is 2. The Balaban J connectivity index is 1.45. The number of nitrogens with zero attached hydrogens (tertiary/aromatic N) is 5. The third-order valence-electron chi connectivity index (χ3n) is 6.31. The molecule has 13 heteroatoms. The molecule has 3 aromatic carbocycles. The van der Waals surface area contributed by atoms with Crippen LogP contribution in [0.3, 0.4) is 0 Å². The topological polar surface area (TPSA) is 135 Å². The second kappa shape index (κ2) is 11.7. The molecule has 6 rings (SSSR count). The number of ether oxygens (including phenoxy) is 2. The van der Waals surface area contributed by atoms with Crippen molar-refractivity contribution in [3.8, 4) is 29.0 Å². The summed E-state index contributed by atoms with van der Waals surface area (Å²) in [6, 6.07) is 20.5. The van der Waals surface area contributed by atoms with Crippen LogP contribution in [0.5, 0.6) is 17.4 Å². The Morgan fingerprint density at radius 3 is 2.67 bits per heavy atom. The maximum Gasteiger partial charge on any atom is 0.287 e. The van der Waals surface area contributed by atoms with Crippen molar-refractivity contribution in [2.75, 3.05) is 6.61 Å². The number of para-hydroxylation sites is 2. The van der Waals surface area contributed by atoms with Crippen molar-refractivity contribution < 1.29 is 18.8 Å². The molecule has 11 nitrogen and oxygen atoms in total. The smallest absolute Gasteiger partial charge is 0.287 e. The van der Waals surface area contributed by atoms with Crippen LogP contribution in [0.4, 0.5) is 5.69 Å². The van der Waals surface area contributed by atoms with Crippen LogP contribution in [0.2, 0.25) is 5.02 Å². The summed E-state index contributed by atoms with van der Waals surface area (Å²) in [4.78, 5) is 32.7. The molecular formula is C30H19BrClN5O6. The van der Waals surface area contributed by atoms with Gasteiger partial charge in [-0.05, 0) is 53.2 Å². The normalized spacial score (nSPS) is 11.4. The van der Waals surface area contributed by atoms with Crippen LogP contribution in [-0.2, 0) is 0 Å². The van der Waals surface area contributed by atoms with Gasteiger partial charge in [-0.3, -0.25) is 14.9 Å². The quantitative estimate of drug-likeness (QED) is 0.0925. The van der Waals surface area contributed by atoms with Crippen molar-refractivity contribution in [2.45, 2.75) is 6.92 Å². The number of benzene rings is 3. The monoisotopic (exact) mass is 659 g/mol. The largest absolute Gasteiger partial charge is 0.490 e. The van der Waals surface area contributed by atoms with Gasteiger partial charge in [0, 0.05) is 27.6 Å². The SMILES string of the molecule is CCOc1cc(C=Nn2c(-c3cc4ccccc4o3)nc3ccccc3c2=O)c(Br)c(Cl)c1Oc1ccc([N+](=O)[O-])cn1. The first-order valence-electron chi connectivity index (χ1n) is 12.8. The highest BCUT2D eigenvalue weighted by Gasteiger charge is 2.20. The lowest BCUT2D eigenvalue weighted by Gasteiger charge is -2.15. The van der Waals surface area contributed by atoms with Crippen molar-refractivity contribution in [3.63, 3.8) is 0 Å². The number of furan rings is 1. The van der Waals surface area contributed by atoms with E-state index >= 15 is 0 Å². The number of aromatic nitrogens is 3. The molecule has 0 spiro atoms. The molecule has 43 heavy (non-hydrogen) atoms. The Morgan fingerprint density at radius 1 is 1.14 bits per heavy atom. The summed E-state index contributed by atoms with van der Waals surface area (Å²) >= 11 is 10.2. The Labute approximate surface area is 256 Å². The molecule has 0 radical (unpaired) electrons. The van der Waals surface area contributed by atoms with Crippen LogP contribution < -0.4 is 15.0 Å². The Morgan fingerprint density at radius 2 is 1.93 bits per heavy atom. The van der Waals surface area contributed by atoms with E-state index in [0.717, 1.165) is 11.6 Å². The number of fused-ring (bicyclic) bond motifs is 2. The first-order chi connectivity index (χ1) is 20.8. The van der Waals surface area contributed by atoms with E-state index < -0.39 is 10.5 Å². The van der Waals surface area contributed by atoms with Gasteiger partial charge in [0.1, 0.15) is 16.8 Å². The Bertz CT molecular complexity index is 2080. The van der Waals surface area contributed by atoms with Crippen LogP contribution in [0, 0.1) is 10.1 Å². The highest BCUT2D eigenvalue weighted by Crippen LogP contribution is 2.44. The van der Waals surface area contributed by atoms with Crippen molar-refractivity contribution >= 4 is 61.3 Å². The third kappa shape index (κ3) is 5.45. The minimum atomic E-state index is -0.559. The predicted molar refractivity (Wildman–Crippen MR) is 165 cm³/mol. The summed E-state index contributed by atoms with van der Waals surface area (Å²) in [7, 11) is 0. The Kier molecular flexibility index (Phi) is 7.61. The van der Waals surface area contributed by atoms with Crippen molar-refractivity contribution in [1.82, 2.24) is 14.6 Å². The summed E-state index contributed by atoms with van der Waals surface area (Å²) in [5.74, 6) is 1.06. The van der Waals surface area contributed by atoms with Crippen LogP contribution >= 0.6 is 27.5 Å². The maximum absolute atomic E-state index is 13.6. The molecule has 0 atom stereocenters. The third-order valence-corrected chi connectivity index (χ3v) is 7.75. The van der Waals surface area contributed by atoms with Gasteiger partial charge in [0.05, 0.1) is 28.6 Å². The predicted octanol–water partition coefficient (Wildman–Crippen LogP) is 7.60. The van der Waals surface area contributed by atoms with Crippen LogP contribution in [0.25, 0.3) is 33.5 Å². The Hall–Kier alpha value is -5.07. The fourth-order valence-electron chi connectivity index (χ4n) is 4.30. The molecule has 0 aliphatic rings. The zero-order valence-corrected chi connectivity index (χ0v) is 24.6. The number of pyridine rings is 1. The number of rotatable bonds is 8. The highest BCUT2D eigenvalue weighted by molar-refractivity contribution is 9.10. The molecule has 0 unspecified atom stereocenters. The number of hydrogen-bond donors (Lipinski definition) is 0. The summed E-state index contributed by atoms with van der Waals surface area (Å²) in [6.45, 7) is 2.07. The van der Waals surface area contributed by atoms with E-state index in [2.05, 4.69) is 26.0 Å². The summed E-state index contributed by atoms with van der Waals surface area (Å²) in [5.41, 5.74) is 1.03. The van der Waals surface area contributed by atoms with E-state index in [4.69, 9.17) is 30.5 Å². The lowest BCUT2D eigenvalue weighted by molar-refractivity contribution is -0.385. The van der Waals surface area contributed by atoms with Crippen molar-refractivity contribution in [1.29, 1.82) is 0 Å². The fraction of sp³-hybridized carbons (Fsp3) is 0.0667. The summed E-state index contributed by atoms with van der Waals surface area (Å²) < 4.78 is 19.2. The zero-order valence-electron chi connectivity index (χ0n) is 22.2. The molecule has 0 fully saturated rings. The first kappa shape index (κ1) is 28.1. The van der Waals surface area contributed by atoms with E-state index in [-0.39, 0.29) is 40.5 Å². The van der Waals surface area contributed by atoms with Crippen molar-refractivity contribution in [2.24, 2.45) is 5.10 Å². The number of hydrogen-bond acceptors (Lipinski definition) is 9. The average Bonchev–Trinajstić information content (AvgIpc) is 3.45. The van der Waals surface area contributed by atoms with E-state index in [0.29, 0.717) is 32.3 Å². The van der Waals surface area contributed by atoms with Crippen molar-refractivity contribution in [3.05, 3.63) is 115 Å². The fourth-order valence-corrected chi connectivity index (χ4v) is 4.94. The van der Waals surface area contributed by atoms with E-state index in [9.17, 15) is 14.9 Å². The molecule has 6 aromatic rings. The molecule has 0 amide bonds. The number of nitro groups is 1. The van der Waals surface area contributed by atoms with Gasteiger partial charge in [-0.15, -0.1) is 0 Å². The van der Waals surface area contributed by atoms with Gasteiger partial charge in [0.2, 0.25) is 11.7 Å². The standard InChI is InChI=1S/C30H19BrClN5O6/c1-2-41-23-14-18(26(31)27(32)28(23)43-25-12-11-19(16-33-25)37(39)40)15-34-36-29(24-13-17-7-3-6-10-22(17)42-24)35-21-9-5-4-8-20(21)30(36)38/h3-16H,2H2,1H3. The van der Waals surface area contributed by atoms with Crippen LogP contribution in [0.15, 0.2) is 97.8 Å². The van der Waals surface area contributed by atoms with Gasteiger partial charge < -0.3 is 13.9 Å². The minimum Gasteiger partial charge on any atom is -0.490 e. The average molecular weight is 661 g/mol. The van der Waals surface area contributed by atoms with Crippen LogP contribution in [-0.4, -0.2) is 32.4 Å². The second-order valence-corrected chi connectivity index (χ2v) is 10.2. The lowest BCUT2D eigenvalue weighted by Crippen LogP contribution is -2.20. The van der Waals surface area contributed by atoms with Gasteiger partial charge in [-0.1, -0.05) is 41.9 Å². The molecule has 3 aromatic heterocycles. The van der Waals surface area contributed by atoms with E-state index in [1.807, 2.05) is 24.3 Å². The van der Waals surface area contributed by atoms with Gasteiger partial charge >= 0.3 is 0 Å². The summed E-state index contributed by atoms with van der Waals surface area (Å²) in [6.07, 6.45) is 2.52. The van der Waals surface area contributed by atoms with E-state index in [1.165, 1.54) is 23.0 Å². The molecule has 214 valence electrons. The van der Waals surface area contributed by atoms with Gasteiger partial charge in [0.25, 0.3) is 11.2 Å². The molecule has 3 heterocycles. The molecule has 0 N–H and O–H groups in total. The minimum absolute atomic E-state index is 0.0750. The van der Waals surface area contributed by atoms with Gasteiger partial charge in [-0.2, -0.15) is 9.78 Å². The lowest BCUT2D eigenvalue weighted by atomic mass is 10.2. The molecule has 0 saturated heterocycles. The van der Waals surface area contributed by atoms with E-state index in [1.54, 1.807) is 43.3 Å². The summed E-state index contributed by atoms with van der Waals surface area (Å²) in [5, 5.41) is 16.8. The highest BCUT2D eigenvalue weighted by atomic mass is 79.9. The second-order valence-electron chi connectivity index (χ2n) is 9.03. The molecule has 0 aliphatic carbocycles. The maximum atomic E-state index is 13.6. The van der Waals surface area contributed by atoms with Crippen LogP contribution in [0.1, 0.15) is 12.5 Å². The molecule has 0 saturated carbocycles.